The third kappa shape index (κ3) is 1.38. The molecule has 12 heavy (non-hydrogen) atoms. The molecule has 1 atom stereocenters. The largest absolute Gasteiger partial charge is 0.370 e. The lowest BCUT2D eigenvalue weighted by molar-refractivity contribution is -0.202. The van der Waals surface area contributed by atoms with Crippen LogP contribution in [-0.2, 0) is 4.74 Å². The Hall–Kier alpha value is -0.0800. The van der Waals surface area contributed by atoms with Gasteiger partial charge in [0.25, 0.3) is 0 Å². The van der Waals surface area contributed by atoms with E-state index in [2.05, 4.69) is 27.7 Å². The first-order valence-corrected chi connectivity index (χ1v) is 4.81. The number of nitrogens with two attached hydrogens (primary N) is 1. The van der Waals surface area contributed by atoms with Crippen molar-refractivity contribution in [1.29, 1.82) is 0 Å². The van der Waals surface area contributed by atoms with Gasteiger partial charge in [0.05, 0.1) is 11.7 Å². The molecule has 0 bridgehead atoms. The molecule has 1 fully saturated rings. The molecule has 1 saturated carbocycles. The average Bonchev–Trinajstić information content (AvgIpc) is 1.97. The molecule has 0 spiro atoms. The summed E-state index contributed by atoms with van der Waals surface area (Å²) in [4.78, 5) is 0. The van der Waals surface area contributed by atoms with Crippen molar-refractivity contribution in [2.24, 2.45) is 11.1 Å². The second-order valence-electron chi connectivity index (χ2n) is 4.75. The zero-order valence-corrected chi connectivity index (χ0v) is 8.68. The van der Waals surface area contributed by atoms with Crippen molar-refractivity contribution in [3.05, 3.63) is 0 Å². The quantitative estimate of drug-likeness (QED) is 0.704. The van der Waals surface area contributed by atoms with Gasteiger partial charge in [0.15, 0.2) is 0 Å². The van der Waals surface area contributed by atoms with Crippen LogP contribution < -0.4 is 5.73 Å². The molecule has 0 aromatic carbocycles. The maximum Gasteiger partial charge on any atom is 0.0858 e. The molecular formula is C10H21NO. The highest BCUT2D eigenvalue weighted by Gasteiger charge is 2.53. The monoisotopic (exact) mass is 171 g/mol. The van der Waals surface area contributed by atoms with E-state index in [1.54, 1.807) is 0 Å². The predicted octanol–water partition coefficient (Wildman–Crippen LogP) is 1.93. The van der Waals surface area contributed by atoms with Crippen molar-refractivity contribution in [2.75, 3.05) is 6.54 Å². The maximum atomic E-state index is 5.91. The topological polar surface area (TPSA) is 35.2 Å². The minimum Gasteiger partial charge on any atom is -0.370 e. The summed E-state index contributed by atoms with van der Waals surface area (Å²) in [6.45, 7) is 9.28. The first-order chi connectivity index (χ1) is 5.43. The van der Waals surface area contributed by atoms with Gasteiger partial charge >= 0.3 is 0 Å². The first-order valence-electron chi connectivity index (χ1n) is 4.81. The first kappa shape index (κ1) is 10.0. The summed E-state index contributed by atoms with van der Waals surface area (Å²) >= 11 is 0. The number of hydrogen-bond donors (Lipinski definition) is 1. The lowest BCUT2D eigenvalue weighted by Crippen LogP contribution is -2.61. The Labute approximate surface area is 75.5 Å². The van der Waals surface area contributed by atoms with Gasteiger partial charge < -0.3 is 10.5 Å². The van der Waals surface area contributed by atoms with E-state index in [-0.39, 0.29) is 17.1 Å². The Morgan fingerprint density at radius 2 is 1.92 bits per heavy atom. The van der Waals surface area contributed by atoms with E-state index < -0.39 is 0 Å². The summed E-state index contributed by atoms with van der Waals surface area (Å²) in [5, 5.41) is 0. The normalized spacial score (nSPS) is 33.5. The smallest absolute Gasteiger partial charge is 0.0858 e. The van der Waals surface area contributed by atoms with Crippen molar-refractivity contribution in [2.45, 2.75) is 52.2 Å². The third-order valence-corrected chi connectivity index (χ3v) is 3.18. The van der Waals surface area contributed by atoms with Crippen molar-refractivity contribution >= 4 is 0 Å². The van der Waals surface area contributed by atoms with Crippen molar-refractivity contribution in [3.63, 3.8) is 0 Å². The van der Waals surface area contributed by atoms with Crippen LogP contribution >= 0.6 is 0 Å². The third-order valence-electron chi connectivity index (χ3n) is 3.18. The molecule has 0 heterocycles. The Kier molecular flexibility index (Phi) is 2.50. The van der Waals surface area contributed by atoms with Crippen LogP contribution in [0.15, 0.2) is 0 Å². The molecule has 0 amide bonds. The van der Waals surface area contributed by atoms with E-state index in [4.69, 9.17) is 10.5 Å². The van der Waals surface area contributed by atoms with Crippen LogP contribution in [0.5, 0.6) is 0 Å². The molecule has 0 aromatic heterocycles. The van der Waals surface area contributed by atoms with E-state index >= 15 is 0 Å². The summed E-state index contributed by atoms with van der Waals surface area (Å²) in [7, 11) is 0. The standard InChI is InChI=1S/C10H21NO/c1-8(2)12-10(7-11)6-5-9(10,3)4/h8H,5-7,11H2,1-4H3. The van der Waals surface area contributed by atoms with Crippen LogP contribution in [0.4, 0.5) is 0 Å². The van der Waals surface area contributed by atoms with Gasteiger partial charge in [-0.3, -0.25) is 0 Å². The molecule has 2 nitrogen and oxygen atoms in total. The molecule has 1 unspecified atom stereocenters. The molecule has 0 aromatic rings. The molecule has 2 heteroatoms. The second-order valence-corrected chi connectivity index (χ2v) is 4.75. The SMILES string of the molecule is CC(C)OC1(CN)CCC1(C)C. The molecule has 0 saturated heterocycles. The Bertz CT molecular complexity index is 161. The molecule has 1 rings (SSSR count). The maximum absolute atomic E-state index is 5.91. The molecule has 2 N–H and O–H groups in total. The summed E-state index contributed by atoms with van der Waals surface area (Å²) in [6, 6.07) is 0. The van der Waals surface area contributed by atoms with Crippen LogP contribution in [0.3, 0.4) is 0 Å². The van der Waals surface area contributed by atoms with Gasteiger partial charge in [0.1, 0.15) is 0 Å². The molecular weight excluding hydrogens is 150 g/mol. The van der Waals surface area contributed by atoms with Crippen LogP contribution in [-0.4, -0.2) is 18.2 Å². The summed E-state index contributed by atoms with van der Waals surface area (Å²) < 4.78 is 5.91. The van der Waals surface area contributed by atoms with Crippen molar-refractivity contribution in [3.8, 4) is 0 Å². The highest BCUT2D eigenvalue weighted by molar-refractivity contribution is 5.05. The fraction of sp³-hybridized carbons (Fsp3) is 1.00. The lowest BCUT2D eigenvalue weighted by Gasteiger charge is -2.56. The number of rotatable bonds is 3. The van der Waals surface area contributed by atoms with Crippen molar-refractivity contribution in [1.82, 2.24) is 0 Å². The molecule has 0 aliphatic heterocycles. The van der Waals surface area contributed by atoms with Gasteiger partial charge in [0.2, 0.25) is 0 Å². The van der Waals surface area contributed by atoms with Crippen LogP contribution in [0.2, 0.25) is 0 Å². The van der Waals surface area contributed by atoms with E-state index in [0.717, 1.165) is 6.42 Å². The molecule has 1 aliphatic rings. The zero-order valence-electron chi connectivity index (χ0n) is 8.68. The Morgan fingerprint density at radius 3 is 2.00 bits per heavy atom. The molecule has 1 aliphatic carbocycles. The van der Waals surface area contributed by atoms with E-state index in [1.165, 1.54) is 6.42 Å². The van der Waals surface area contributed by atoms with Gasteiger partial charge in [0, 0.05) is 6.54 Å². The molecule has 0 radical (unpaired) electrons. The predicted molar refractivity (Wildman–Crippen MR) is 51.0 cm³/mol. The van der Waals surface area contributed by atoms with Gasteiger partial charge in [-0.05, 0) is 32.1 Å². The Morgan fingerprint density at radius 1 is 1.33 bits per heavy atom. The zero-order chi connectivity index (χ0) is 9.41. The van der Waals surface area contributed by atoms with Crippen LogP contribution in [0.1, 0.15) is 40.5 Å². The summed E-state index contributed by atoms with van der Waals surface area (Å²) in [5.41, 5.74) is 6.00. The lowest BCUT2D eigenvalue weighted by atomic mass is 9.58. The second kappa shape index (κ2) is 3.00. The highest BCUT2D eigenvalue weighted by atomic mass is 16.5. The van der Waals surface area contributed by atoms with Crippen molar-refractivity contribution < 1.29 is 4.74 Å². The minimum absolute atomic E-state index is 0.0405. The summed E-state index contributed by atoms with van der Waals surface area (Å²) in [5.74, 6) is 0. The molecule has 72 valence electrons. The van der Waals surface area contributed by atoms with Gasteiger partial charge in [-0.2, -0.15) is 0 Å². The van der Waals surface area contributed by atoms with Crippen LogP contribution in [0.25, 0.3) is 0 Å². The van der Waals surface area contributed by atoms with E-state index in [1.807, 2.05) is 0 Å². The van der Waals surface area contributed by atoms with E-state index in [0.29, 0.717) is 6.54 Å². The van der Waals surface area contributed by atoms with E-state index in [9.17, 15) is 0 Å². The minimum atomic E-state index is -0.0405. The van der Waals surface area contributed by atoms with Gasteiger partial charge in [-0.1, -0.05) is 13.8 Å². The van der Waals surface area contributed by atoms with Gasteiger partial charge in [-0.15, -0.1) is 0 Å². The average molecular weight is 171 g/mol. The number of ether oxygens (including phenoxy) is 1. The Balaban J connectivity index is 2.65. The fourth-order valence-electron chi connectivity index (χ4n) is 2.00. The number of hydrogen-bond acceptors (Lipinski definition) is 2. The van der Waals surface area contributed by atoms with Crippen LogP contribution in [0, 0.1) is 5.41 Å². The highest BCUT2D eigenvalue weighted by Crippen LogP contribution is 2.51. The van der Waals surface area contributed by atoms with Gasteiger partial charge in [-0.25, -0.2) is 0 Å². The summed E-state index contributed by atoms with van der Waals surface area (Å²) in [6.07, 6.45) is 2.64. The fourth-order valence-corrected chi connectivity index (χ4v) is 2.00.